The number of carbonyl (C=O) groups excluding carboxylic acids is 1. The number of amides is 1. The van der Waals surface area contributed by atoms with Crippen LogP contribution in [0, 0.1) is 6.92 Å². The summed E-state index contributed by atoms with van der Waals surface area (Å²) in [5.41, 5.74) is 3.26. The average molecular weight is 376 g/mol. The summed E-state index contributed by atoms with van der Waals surface area (Å²) in [5.74, 6) is -0.282. The molecule has 2 atom stereocenters. The highest BCUT2D eigenvalue weighted by molar-refractivity contribution is 5.94. The molecule has 4 N–H and O–H groups in total. The molecular formula is C22H24N4O2. The molecule has 1 aliphatic heterocycles. The number of benzene rings is 2. The van der Waals surface area contributed by atoms with Crippen LogP contribution in [-0.4, -0.2) is 40.4 Å². The van der Waals surface area contributed by atoms with Gasteiger partial charge in [0.2, 0.25) is 0 Å². The highest BCUT2D eigenvalue weighted by Crippen LogP contribution is 2.31. The van der Waals surface area contributed by atoms with Crippen LogP contribution in [0.15, 0.2) is 60.7 Å². The topological polar surface area (TPSA) is 90.0 Å². The van der Waals surface area contributed by atoms with Gasteiger partial charge in [-0.05, 0) is 31.5 Å². The second-order valence-corrected chi connectivity index (χ2v) is 7.29. The van der Waals surface area contributed by atoms with E-state index in [1.54, 1.807) is 6.07 Å². The number of aryl methyl sites for hydroxylation is 1. The van der Waals surface area contributed by atoms with E-state index in [2.05, 4.69) is 20.8 Å². The van der Waals surface area contributed by atoms with Crippen molar-refractivity contribution in [2.45, 2.75) is 25.0 Å². The maximum atomic E-state index is 13.0. The number of aliphatic hydroxyl groups is 1. The molecule has 1 amide bonds. The van der Waals surface area contributed by atoms with Crippen LogP contribution in [0.3, 0.4) is 0 Å². The number of hydrogen-bond acceptors (Lipinski definition) is 4. The van der Waals surface area contributed by atoms with Gasteiger partial charge in [-0.15, -0.1) is 0 Å². The summed E-state index contributed by atoms with van der Waals surface area (Å²) < 4.78 is 0. The van der Waals surface area contributed by atoms with Gasteiger partial charge in [-0.3, -0.25) is 9.89 Å². The Hall–Kier alpha value is -2.96. The number of β-amino-alcohol motifs (C(OH)–C–C–N with tert-alkyl or cyclic N) is 1. The maximum Gasteiger partial charge on any atom is 0.270 e. The molecule has 2 aromatic carbocycles. The third-order valence-corrected chi connectivity index (χ3v) is 5.40. The van der Waals surface area contributed by atoms with E-state index in [1.807, 2.05) is 61.5 Å². The van der Waals surface area contributed by atoms with Crippen LogP contribution in [0.2, 0.25) is 0 Å². The Labute approximate surface area is 164 Å². The monoisotopic (exact) mass is 376 g/mol. The first-order valence-corrected chi connectivity index (χ1v) is 9.48. The van der Waals surface area contributed by atoms with E-state index in [9.17, 15) is 9.90 Å². The summed E-state index contributed by atoms with van der Waals surface area (Å²) in [6, 6.07) is 19.4. The Morgan fingerprint density at radius 2 is 1.93 bits per heavy atom. The van der Waals surface area contributed by atoms with Crippen LogP contribution in [0.5, 0.6) is 0 Å². The fourth-order valence-electron chi connectivity index (χ4n) is 3.74. The third-order valence-electron chi connectivity index (χ3n) is 5.40. The van der Waals surface area contributed by atoms with E-state index in [0.29, 0.717) is 30.9 Å². The number of aliphatic hydroxyl groups excluding tert-OH is 1. The smallest absolute Gasteiger partial charge is 0.270 e. The predicted molar refractivity (Wildman–Crippen MR) is 108 cm³/mol. The lowest BCUT2D eigenvalue weighted by atomic mass is 9.79. The van der Waals surface area contributed by atoms with Crippen molar-refractivity contribution in [3.8, 4) is 11.3 Å². The molecule has 2 heterocycles. The number of aromatic amines is 1. The lowest BCUT2D eigenvalue weighted by Crippen LogP contribution is -2.61. The zero-order chi connectivity index (χ0) is 19.6. The highest BCUT2D eigenvalue weighted by atomic mass is 16.3. The molecule has 1 aliphatic rings. The van der Waals surface area contributed by atoms with Gasteiger partial charge < -0.3 is 15.7 Å². The Morgan fingerprint density at radius 3 is 2.64 bits per heavy atom. The Bertz CT molecular complexity index is 952. The fourth-order valence-corrected chi connectivity index (χ4v) is 3.74. The minimum Gasteiger partial charge on any atom is -0.389 e. The van der Waals surface area contributed by atoms with Crippen LogP contribution >= 0.6 is 0 Å². The summed E-state index contributed by atoms with van der Waals surface area (Å²) >= 11 is 0. The van der Waals surface area contributed by atoms with E-state index in [-0.39, 0.29) is 5.91 Å². The first kappa shape index (κ1) is 18.4. The zero-order valence-electron chi connectivity index (χ0n) is 15.8. The van der Waals surface area contributed by atoms with Gasteiger partial charge in [0.1, 0.15) is 5.69 Å². The number of H-pyrrole nitrogens is 1. The molecule has 1 saturated heterocycles. The van der Waals surface area contributed by atoms with Gasteiger partial charge >= 0.3 is 0 Å². The molecule has 3 aromatic rings. The average Bonchev–Trinajstić information content (AvgIpc) is 3.21. The van der Waals surface area contributed by atoms with Crippen molar-refractivity contribution in [1.82, 2.24) is 20.8 Å². The van der Waals surface area contributed by atoms with Crippen LogP contribution < -0.4 is 10.6 Å². The van der Waals surface area contributed by atoms with Crippen molar-refractivity contribution >= 4 is 5.91 Å². The largest absolute Gasteiger partial charge is 0.389 e. The van der Waals surface area contributed by atoms with E-state index in [1.165, 1.54) is 5.56 Å². The standard InChI is InChI=1S/C22H24N4O2/c1-15-7-9-16(10-8-15)18-13-19(26-25-18)21(28)24-22(11-12-23-14-20(22)27)17-5-3-2-4-6-17/h2-10,13,20,23,27H,11-12,14H2,1H3,(H,24,28)(H,25,26)/t20-,22-/m1/s1. The molecule has 0 spiro atoms. The Kier molecular flexibility index (Phi) is 4.98. The Morgan fingerprint density at radius 1 is 1.18 bits per heavy atom. The number of piperidine rings is 1. The van der Waals surface area contributed by atoms with Gasteiger partial charge in [0.05, 0.1) is 17.3 Å². The summed E-state index contributed by atoms with van der Waals surface area (Å²) in [6.07, 6.45) is -0.129. The molecule has 1 fully saturated rings. The summed E-state index contributed by atoms with van der Waals surface area (Å²) in [7, 11) is 0. The highest BCUT2D eigenvalue weighted by Gasteiger charge is 2.43. The second-order valence-electron chi connectivity index (χ2n) is 7.29. The van der Waals surface area contributed by atoms with Crippen molar-refractivity contribution < 1.29 is 9.90 Å². The molecule has 4 rings (SSSR count). The lowest BCUT2D eigenvalue weighted by molar-refractivity contribution is 0.0288. The van der Waals surface area contributed by atoms with Gasteiger partial charge in [0, 0.05) is 12.1 Å². The second kappa shape index (κ2) is 7.58. The normalized spacial score (nSPS) is 22.0. The predicted octanol–water partition coefficient (Wildman–Crippen LogP) is 2.36. The molecule has 6 nitrogen and oxygen atoms in total. The molecule has 6 heteroatoms. The van der Waals surface area contributed by atoms with E-state index in [4.69, 9.17) is 0 Å². The first-order chi connectivity index (χ1) is 13.6. The molecular weight excluding hydrogens is 352 g/mol. The van der Waals surface area contributed by atoms with Gasteiger partial charge in [0.15, 0.2) is 0 Å². The molecule has 0 bridgehead atoms. The SMILES string of the molecule is Cc1ccc(-c2cc(C(=O)N[C@@]3(c4ccccc4)CCNC[C@H]3O)[nH]n2)cc1. The summed E-state index contributed by atoms with van der Waals surface area (Å²) in [6.45, 7) is 3.16. The van der Waals surface area contributed by atoms with E-state index in [0.717, 1.165) is 11.1 Å². The van der Waals surface area contributed by atoms with Crippen LogP contribution in [-0.2, 0) is 5.54 Å². The third kappa shape index (κ3) is 3.44. The van der Waals surface area contributed by atoms with Gasteiger partial charge in [-0.25, -0.2) is 0 Å². The number of rotatable bonds is 4. The molecule has 0 aliphatic carbocycles. The fraction of sp³-hybridized carbons (Fsp3) is 0.273. The first-order valence-electron chi connectivity index (χ1n) is 9.48. The van der Waals surface area contributed by atoms with Crippen LogP contribution in [0.1, 0.15) is 28.0 Å². The number of hydrogen-bond donors (Lipinski definition) is 4. The van der Waals surface area contributed by atoms with Crippen LogP contribution in [0.4, 0.5) is 0 Å². The Balaban J connectivity index is 1.61. The van der Waals surface area contributed by atoms with Crippen molar-refractivity contribution in [3.05, 3.63) is 77.5 Å². The molecule has 144 valence electrons. The number of carbonyl (C=O) groups is 1. The lowest BCUT2D eigenvalue weighted by Gasteiger charge is -2.42. The summed E-state index contributed by atoms with van der Waals surface area (Å²) in [5, 5.41) is 24.2. The summed E-state index contributed by atoms with van der Waals surface area (Å²) in [4.78, 5) is 13.0. The molecule has 0 radical (unpaired) electrons. The zero-order valence-corrected chi connectivity index (χ0v) is 15.8. The van der Waals surface area contributed by atoms with Gasteiger partial charge in [0.25, 0.3) is 5.91 Å². The number of nitrogens with one attached hydrogen (secondary N) is 3. The molecule has 1 aromatic heterocycles. The van der Waals surface area contributed by atoms with E-state index >= 15 is 0 Å². The van der Waals surface area contributed by atoms with Crippen LogP contribution in [0.25, 0.3) is 11.3 Å². The number of nitrogens with zero attached hydrogens (tertiary/aromatic N) is 1. The molecule has 28 heavy (non-hydrogen) atoms. The number of aromatic nitrogens is 2. The minimum atomic E-state index is -0.835. The molecule has 0 unspecified atom stereocenters. The quantitative estimate of drug-likeness (QED) is 0.563. The van der Waals surface area contributed by atoms with Crippen molar-refractivity contribution in [2.75, 3.05) is 13.1 Å². The van der Waals surface area contributed by atoms with Gasteiger partial charge in [-0.1, -0.05) is 60.2 Å². The van der Waals surface area contributed by atoms with Crippen molar-refractivity contribution in [3.63, 3.8) is 0 Å². The van der Waals surface area contributed by atoms with Crippen molar-refractivity contribution in [1.29, 1.82) is 0 Å². The maximum absolute atomic E-state index is 13.0. The van der Waals surface area contributed by atoms with Gasteiger partial charge in [-0.2, -0.15) is 5.10 Å². The van der Waals surface area contributed by atoms with E-state index < -0.39 is 11.6 Å². The molecule has 0 saturated carbocycles. The minimum absolute atomic E-state index is 0.282. The van der Waals surface area contributed by atoms with Crippen molar-refractivity contribution in [2.24, 2.45) is 0 Å².